The van der Waals surface area contributed by atoms with Gasteiger partial charge in [0.25, 0.3) is 0 Å². The maximum Gasteiger partial charge on any atom is 0.241 e. The molecule has 0 aliphatic rings. The predicted molar refractivity (Wildman–Crippen MR) is 111 cm³/mol. The highest BCUT2D eigenvalue weighted by Gasteiger charge is 2.20. The van der Waals surface area contributed by atoms with E-state index in [0.29, 0.717) is 36.1 Å². The molecule has 2 aromatic rings. The second kappa shape index (κ2) is 9.99. The third-order valence-corrected chi connectivity index (χ3v) is 4.61. The zero-order chi connectivity index (χ0) is 20.7. The third-order valence-electron chi connectivity index (χ3n) is 4.61. The van der Waals surface area contributed by atoms with E-state index in [1.54, 1.807) is 14.2 Å². The van der Waals surface area contributed by atoms with Gasteiger partial charge >= 0.3 is 0 Å². The van der Waals surface area contributed by atoms with Crippen molar-refractivity contribution >= 4 is 11.6 Å². The van der Waals surface area contributed by atoms with Gasteiger partial charge in [0.15, 0.2) is 11.5 Å². The van der Waals surface area contributed by atoms with Gasteiger partial charge in [-0.2, -0.15) is 0 Å². The molecule has 0 saturated carbocycles. The number of methoxy groups -OCH3 is 2. The Morgan fingerprint density at radius 1 is 1.07 bits per heavy atom. The number of hydrogen-bond acceptors (Lipinski definition) is 5. The molecule has 1 amide bonds. The van der Waals surface area contributed by atoms with Crippen LogP contribution in [0.3, 0.4) is 0 Å². The summed E-state index contributed by atoms with van der Waals surface area (Å²) in [5, 5.41) is 2.97. The van der Waals surface area contributed by atoms with Gasteiger partial charge in [0.2, 0.25) is 5.91 Å². The lowest BCUT2D eigenvalue weighted by Crippen LogP contribution is -2.39. The van der Waals surface area contributed by atoms with E-state index in [1.165, 1.54) is 0 Å². The van der Waals surface area contributed by atoms with E-state index in [9.17, 15) is 4.79 Å². The number of nitrogens with one attached hydrogen (secondary N) is 1. The monoisotopic (exact) mass is 386 g/mol. The van der Waals surface area contributed by atoms with Crippen LogP contribution in [-0.4, -0.2) is 44.7 Å². The highest BCUT2D eigenvalue weighted by Crippen LogP contribution is 2.29. The third kappa shape index (κ3) is 5.39. The summed E-state index contributed by atoms with van der Waals surface area (Å²) in [4.78, 5) is 14.7. The standard InChI is InChI=1S/C22H30N2O4/c1-7-28-20-11-9-17(13-21(20)27-6)14-24(4)16(3)22(25)23-18-12-15(2)8-10-19(18)26-5/h8-13,16H,7,14H2,1-6H3,(H,23,25)/t16-/m1/s1. The first kappa shape index (κ1) is 21.6. The van der Waals surface area contributed by atoms with Crippen molar-refractivity contribution in [1.82, 2.24) is 4.90 Å². The van der Waals surface area contributed by atoms with Crippen LogP contribution >= 0.6 is 0 Å². The van der Waals surface area contributed by atoms with Crippen molar-refractivity contribution in [3.05, 3.63) is 47.5 Å². The first-order valence-corrected chi connectivity index (χ1v) is 9.35. The molecule has 0 aromatic heterocycles. The van der Waals surface area contributed by atoms with E-state index in [1.807, 2.05) is 69.1 Å². The summed E-state index contributed by atoms with van der Waals surface area (Å²) in [5.74, 6) is 1.96. The van der Waals surface area contributed by atoms with E-state index in [2.05, 4.69) is 5.32 Å². The Hall–Kier alpha value is -2.73. The highest BCUT2D eigenvalue weighted by atomic mass is 16.5. The summed E-state index contributed by atoms with van der Waals surface area (Å²) < 4.78 is 16.3. The lowest BCUT2D eigenvalue weighted by molar-refractivity contribution is -0.120. The van der Waals surface area contributed by atoms with Crippen molar-refractivity contribution in [3.63, 3.8) is 0 Å². The van der Waals surface area contributed by atoms with Gasteiger partial charge in [-0.1, -0.05) is 12.1 Å². The molecule has 0 heterocycles. The molecule has 152 valence electrons. The Labute approximate surface area is 167 Å². The summed E-state index contributed by atoms with van der Waals surface area (Å²) in [5.41, 5.74) is 2.77. The maximum atomic E-state index is 12.7. The van der Waals surface area contributed by atoms with E-state index < -0.39 is 0 Å². The number of likely N-dealkylation sites (N-methyl/N-ethyl adjacent to an activating group) is 1. The molecule has 0 saturated heterocycles. The molecule has 1 atom stereocenters. The van der Waals surface area contributed by atoms with E-state index in [4.69, 9.17) is 14.2 Å². The van der Waals surface area contributed by atoms with Crippen LogP contribution in [0.2, 0.25) is 0 Å². The molecule has 6 heteroatoms. The Kier molecular flexibility index (Phi) is 7.70. The maximum absolute atomic E-state index is 12.7. The number of nitrogens with zero attached hydrogens (tertiary/aromatic N) is 1. The normalized spacial score (nSPS) is 11.8. The lowest BCUT2D eigenvalue weighted by atomic mass is 10.1. The Balaban J connectivity index is 2.07. The van der Waals surface area contributed by atoms with Crippen molar-refractivity contribution < 1.29 is 19.0 Å². The van der Waals surface area contributed by atoms with Crippen LogP contribution in [0.1, 0.15) is 25.0 Å². The first-order chi connectivity index (χ1) is 13.4. The molecule has 28 heavy (non-hydrogen) atoms. The zero-order valence-corrected chi connectivity index (χ0v) is 17.5. The number of aryl methyl sites for hydroxylation is 1. The second-order valence-corrected chi connectivity index (χ2v) is 6.70. The zero-order valence-electron chi connectivity index (χ0n) is 17.5. The van der Waals surface area contributed by atoms with E-state index in [0.717, 1.165) is 11.1 Å². The first-order valence-electron chi connectivity index (χ1n) is 9.35. The van der Waals surface area contributed by atoms with Crippen molar-refractivity contribution in [1.29, 1.82) is 0 Å². The Morgan fingerprint density at radius 3 is 2.39 bits per heavy atom. The second-order valence-electron chi connectivity index (χ2n) is 6.70. The molecule has 0 spiro atoms. The molecule has 0 aliphatic carbocycles. The molecular weight excluding hydrogens is 356 g/mol. The average molecular weight is 386 g/mol. The van der Waals surface area contributed by atoms with Crippen LogP contribution in [0.4, 0.5) is 5.69 Å². The summed E-state index contributed by atoms with van der Waals surface area (Å²) in [6.07, 6.45) is 0. The SMILES string of the molecule is CCOc1ccc(CN(C)[C@H](C)C(=O)Nc2cc(C)ccc2OC)cc1OC. The number of hydrogen-bond donors (Lipinski definition) is 1. The van der Waals surface area contributed by atoms with Gasteiger partial charge < -0.3 is 19.5 Å². The fraction of sp³-hybridized carbons (Fsp3) is 0.409. The minimum absolute atomic E-state index is 0.0932. The number of rotatable bonds is 9. The van der Waals surface area contributed by atoms with Crippen molar-refractivity contribution in [3.8, 4) is 17.2 Å². The summed E-state index contributed by atoms with van der Waals surface area (Å²) >= 11 is 0. The fourth-order valence-corrected chi connectivity index (χ4v) is 2.87. The number of benzene rings is 2. The molecule has 0 unspecified atom stereocenters. The molecule has 0 bridgehead atoms. The predicted octanol–water partition coefficient (Wildman–Crippen LogP) is 3.87. The van der Waals surface area contributed by atoms with E-state index >= 15 is 0 Å². The van der Waals surface area contributed by atoms with E-state index in [-0.39, 0.29) is 11.9 Å². The van der Waals surface area contributed by atoms with Crippen molar-refractivity contribution in [2.45, 2.75) is 33.4 Å². The molecule has 0 aliphatic heterocycles. The minimum Gasteiger partial charge on any atom is -0.495 e. The van der Waals surface area contributed by atoms with Crippen LogP contribution in [0.5, 0.6) is 17.2 Å². The number of carbonyl (C=O) groups excluding carboxylic acids is 1. The van der Waals surface area contributed by atoms with Crippen LogP contribution in [0.15, 0.2) is 36.4 Å². The van der Waals surface area contributed by atoms with Crippen molar-refractivity contribution in [2.75, 3.05) is 33.2 Å². The van der Waals surface area contributed by atoms with Gasteiger partial charge in [0.05, 0.1) is 32.6 Å². The molecule has 0 fully saturated rings. The molecule has 2 aromatic carbocycles. The summed E-state index contributed by atoms with van der Waals surface area (Å²) in [6, 6.07) is 11.2. The summed E-state index contributed by atoms with van der Waals surface area (Å²) in [6.45, 7) is 6.97. The smallest absolute Gasteiger partial charge is 0.241 e. The van der Waals surface area contributed by atoms with Crippen LogP contribution in [0.25, 0.3) is 0 Å². The molecule has 1 N–H and O–H groups in total. The number of carbonyl (C=O) groups is 1. The lowest BCUT2D eigenvalue weighted by Gasteiger charge is -2.24. The largest absolute Gasteiger partial charge is 0.495 e. The van der Waals surface area contributed by atoms with Gasteiger partial charge in [0, 0.05) is 6.54 Å². The van der Waals surface area contributed by atoms with Crippen LogP contribution in [-0.2, 0) is 11.3 Å². The Bertz CT molecular complexity index is 807. The highest BCUT2D eigenvalue weighted by molar-refractivity contribution is 5.95. The number of amides is 1. The fourth-order valence-electron chi connectivity index (χ4n) is 2.87. The Morgan fingerprint density at radius 2 is 1.75 bits per heavy atom. The number of ether oxygens (including phenoxy) is 3. The van der Waals surface area contributed by atoms with Gasteiger partial charge in [-0.3, -0.25) is 9.69 Å². The number of anilines is 1. The molecular formula is C22H30N2O4. The van der Waals surface area contributed by atoms with Crippen LogP contribution < -0.4 is 19.5 Å². The molecule has 2 rings (SSSR count). The van der Waals surface area contributed by atoms with Gasteiger partial charge in [-0.05, 0) is 63.2 Å². The quantitative estimate of drug-likeness (QED) is 0.709. The summed E-state index contributed by atoms with van der Waals surface area (Å²) in [7, 11) is 5.13. The topological polar surface area (TPSA) is 60.0 Å². The van der Waals surface area contributed by atoms with Gasteiger partial charge in [-0.25, -0.2) is 0 Å². The van der Waals surface area contributed by atoms with Crippen LogP contribution in [0, 0.1) is 6.92 Å². The average Bonchev–Trinajstić information content (AvgIpc) is 2.68. The molecule has 0 radical (unpaired) electrons. The minimum atomic E-state index is -0.331. The van der Waals surface area contributed by atoms with Crippen molar-refractivity contribution in [2.24, 2.45) is 0 Å². The van der Waals surface area contributed by atoms with Gasteiger partial charge in [0.1, 0.15) is 5.75 Å². The molecule has 6 nitrogen and oxygen atoms in total. The van der Waals surface area contributed by atoms with Gasteiger partial charge in [-0.15, -0.1) is 0 Å².